The van der Waals surface area contributed by atoms with Crippen molar-refractivity contribution >= 4 is 0 Å². The first-order valence-corrected chi connectivity index (χ1v) is 5.12. The van der Waals surface area contributed by atoms with E-state index >= 15 is 0 Å². The fourth-order valence-corrected chi connectivity index (χ4v) is 2.70. The minimum Gasteiger partial charge on any atom is -0.359 e. The van der Waals surface area contributed by atoms with Crippen LogP contribution >= 0.6 is 0 Å². The Hall–Kier alpha value is -0.760. The first kappa shape index (κ1) is 7.63. The maximum atomic E-state index is 5.87. The van der Waals surface area contributed by atoms with Crippen molar-refractivity contribution in [1.29, 1.82) is 0 Å². The van der Waals surface area contributed by atoms with Crippen LogP contribution in [0, 0.1) is 0 Å². The van der Waals surface area contributed by atoms with Gasteiger partial charge in [0.15, 0.2) is 0 Å². The highest BCUT2D eigenvalue weighted by Gasteiger charge is 2.59. The highest BCUT2D eigenvalue weighted by atomic mass is 16.6. The topological polar surface area (TPSA) is 17.5 Å². The molecule has 1 saturated carbocycles. The molecule has 2 nitrogen and oxygen atoms in total. The van der Waals surface area contributed by atoms with E-state index in [4.69, 9.17) is 4.74 Å². The summed E-state index contributed by atoms with van der Waals surface area (Å²) in [5.74, 6) is 0. The van der Waals surface area contributed by atoms with Crippen LogP contribution in [0.2, 0.25) is 0 Å². The Labute approximate surface area is 78.5 Å². The third-order valence-electron chi connectivity index (χ3n) is 3.46. The van der Waals surface area contributed by atoms with Crippen LogP contribution in [-0.4, -0.2) is 10.7 Å². The first-order chi connectivity index (χ1) is 6.33. The summed E-state index contributed by atoms with van der Waals surface area (Å²) in [6.07, 6.45) is 7.77. The number of aromatic nitrogens is 1. The third-order valence-corrected chi connectivity index (χ3v) is 3.46. The SMILES string of the molecule is Cn1cccc1[C@@]12CCCC[C@H]1O2. The molecule has 3 rings (SSSR count). The predicted molar refractivity (Wildman–Crippen MR) is 50.4 cm³/mol. The predicted octanol–water partition coefficient (Wildman–Crippen LogP) is 2.19. The summed E-state index contributed by atoms with van der Waals surface area (Å²) >= 11 is 0. The minimum atomic E-state index is 0.122. The highest BCUT2D eigenvalue weighted by molar-refractivity contribution is 5.25. The summed E-state index contributed by atoms with van der Waals surface area (Å²) in [6, 6.07) is 4.31. The molecule has 1 saturated heterocycles. The van der Waals surface area contributed by atoms with E-state index in [2.05, 4.69) is 29.9 Å². The lowest BCUT2D eigenvalue weighted by Gasteiger charge is -2.17. The van der Waals surface area contributed by atoms with Gasteiger partial charge in [-0.15, -0.1) is 0 Å². The van der Waals surface area contributed by atoms with Crippen LogP contribution in [0.15, 0.2) is 18.3 Å². The maximum Gasteiger partial charge on any atom is 0.134 e. The van der Waals surface area contributed by atoms with Crippen molar-refractivity contribution in [2.24, 2.45) is 7.05 Å². The number of hydrogen-bond donors (Lipinski definition) is 0. The normalized spacial score (nSPS) is 37.2. The summed E-state index contributed by atoms with van der Waals surface area (Å²) in [5.41, 5.74) is 1.49. The molecule has 0 bridgehead atoms. The molecule has 2 heterocycles. The van der Waals surface area contributed by atoms with E-state index in [1.54, 1.807) is 0 Å². The van der Waals surface area contributed by atoms with E-state index < -0.39 is 0 Å². The number of ether oxygens (including phenoxy) is 1. The largest absolute Gasteiger partial charge is 0.359 e. The molecular formula is C11H15NO. The standard InChI is InChI=1S/C11H15NO/c1-12-8-4-5-9(12)11-7-3-2-6-10(11)13-11/h4-5,8,10H,2-3,6-7H2,1H3/t10-,11+/m1/s1. The van der Waals surface area contributed by atoms with E-state index in [0.29, 0.717) is 6.10 Å². The number of epoxide rings is 1. The molecule has 1 aromatic heterocycles. The van der Waals surface area contributed by atoms with Crippen LogP contribution in [0.25, 0.3) is 0 Å². The summed E-state index contributed by atoms with van der Waals surface area (Å²) < 4.78 is 8.07. The van der Waals surface area contributed by atoms with Gasteiger partial charge in [0.25, 0.3) is 0 Å². The Balaban J connectivity index is 1.97. The van der Waals surface area contributed by atoms with E-state index in [0.717, 1.165) is 0 Å². The van der Waals surface area contributed by atoms with Gasteiger partial charge in [0, 0.05) is 13.2 Å². The molecular weight excluding hydrogens is 162 g/mol. The molecule has 1 aliphatic carbocycles. The van der Waals surface area contributed by atoms with E-state index in [1.807, 2.05) is 0 Å². The van der Waals surface area contributed by atoms with Crippen LogP contribution in [0.1, 0.15) is 31.4 Å². The van der Waals surface area contributed by atoms with Gasteiger partial charge in [0.05, 0.1) is 11.8 Å². The lowest BCUT2D eigenvalue weighted by molar-refractivity contribution is 0.279. The molecule has 1 aliphatic heterocycles. The minimum absolute atomic E-state index is 0.122. The van der Waals surface area contributed by atoms with Gasteiger partial charge in [-0.25, -0.2) is 0 Å². The molecule has 2 aliphatic rings. The maximum absolute atomic E-state index is 5.87. The van der Waals surface area contributed by atoms with Gasteiger partial charge >= 0.3 is 0 Å². The molecule has 0 unspecified atom stereocenters. The molecule has 0 N–H and O–H groups in total. The van der Waals surface area contributed by atoms with Gasteiger partial charge < -0.3 is 9.30 Å². The molecule has 70 valence electrons. The van der Waals surface area contributed by atoms with Crippen molar-refractivity contribution in [2.45, 2.75) is 37.4 Å². The second kappa shape index (κ2) is 2.38. The molecule has 0 radical (unpaired) electrons. The Kier molecular flexibility index (Phi) is 1.40. The number of aryl methyl sites for hydroxylation is 1. The first-order valence-electron chi connectivity index (χ1n) is 5.12. The lowest BCUT2D eigenvalue weighted by atomic mass is 9.87. The Bertz CT molecular complexity index is 331. The molecule has 2 heteroatoms. The lowest BCUT2D eigenvalue weighted by Crippen LogP contribution is -2.19. The van der Waals surface area contributed by atoms with Gasteiger partial charge in [0.2, 0.25) is 0 Å². The average Bonchev–Trinajstić information content (AvgIpc) is 2.74. The average molecular weight is 177 g/mol. The van der Waals surface area contributed by atoms with Crippen LogP contribution in [0.5, 0.6) is 0 Å². The zero-order chi connectivity index (χ0) is 8.89. The zero-order valence-corrected chi connectivity index (χ0v) is 7.99. The van der Waals surface area contributed by atoms with Gasteiger partial charge in [-0.2, -0.15) is 0 Å². The van der Waals surface area contributed by atoms with E-state index in [-0.39, 0.29) is 5.60 Å². The van der Waals surface area contributed by atoms with Crippen LogP contribution in [0.4, 0.5) is 0 Å². The van der Waals surface area contributed by atoms with Gasteiger partial charge in [0.1, 0.15) is 5.60 Å². The van der Waals surface area contributed by atoms with Gasteiger partial charge in [-0.05, 0) is 31.4 Å². The van der Waals surface area contributed by atoms with Crippen molar-refractivity contribution in [1.82, 2.24) is 4.57 Å². The van der Waals surface area contributed by atoms with Gasteiger partial charge in [-0.1, -0.05) is 6.42 Å². The van der Waals surface area contributed by atoms with E-state index in [9.17, 15) is 0 Å². The second-order valence-corrected chi connectivity index (χ2v) is 4.25. The Morgan fingerprint density at radius 1 is 1.54 bits per heavy atom. The van der Waals surface area contributed by atoms with Crippen molar-refractivity contribution in [2.75, 3.05) is 0 Å². The van der Waals surface area contributed by atoms with Crippen LogP contribution < -0.4 is 0 Å². The quantitative estimate of drug-likeness (QED) is 0.601. The molecule has 0 aromatic carbocycles. The third kappa shape index (κ3) is 0.923. The number of hydrogen-bond acceptors (Lipinski definition) is 1. The monoisotopic (exact) mass is 177 g/mol. The summed E-state index contributed by atoms with van der Waals surface area (Å²) in [4.78, 5) is 0. The summed E-state index contributed by atoms with van der Waals surface area (Å²) in [6.45, 7) is 0. The number of rotatable bonds is 1. The van der Waals surface area contributed by atoms with Gasteiger partial charge in [-0.3, -0.25) is 0 Å². The second-order valence-electron chi connectivity index (χ2n) is 4.25. The van der Waals surface area contributed by atoms with Crippen molar-refractivity contribution < 1.29 is 4.74 Å². The fourth-order valence-electron chi connectivity index (χ4n) is 2.70. The Morgan fingerprint density at radius 3 is 3.15 bits per heavy atom. The summed E-state index contributed by atoms with van der Waals surface area (Å²) in [7, 11) is 2.11. The van der Waals surface area contributed by atoms with Crippen LogP contribution in [0.3, 0.4) is 0 Å². The highest BCUT2D eigenvalue weighted by Crippen LogP contribution is 2.55. The Morgan fingerprint density at radius 2 is 2.46 bits per heavy atom. The van der Waals surface area contributed by atoms with Crippen molar-refractivity contribution in [3.8, 4) is 0 Å². The van der Waals surface area contributed by atoms with Crippen molar-refractivity contribution in [3.63, 3.8) is 0 Å². The van der Waals surface area contributed by atoms with E-state index in [1.165, 1.54) is 31.4 Å². The molecule has 0 amide bonds. The smallest absolute Gasteiger partial charge is 0.134 e. The van der Waals surface area contributed by atoms with Crippen molar-refractivity contribution in [3.05, 3.63) is 24.0 Å². The summed E-state index contributed by atoms with van der Waals surface area (Å²) in [5, 5.41) is 0. The fraction of sp³-hybridized carbons (Fsp3) is 0.636. The molecule has 2 atom stereocenters. The van der Waals surface area contributed by atoms with Crippen LogP contribution in [-0.2, 0) is 17.4 Å². The number of fused-ring (bicyclic) bond motifs is 1. The molecule has 2 fully saturated rings. The molecule has 1 aromatic rings. The zero-order valence-electron chi connectivity index (χ0n) is 7.99. The number of nitrogens with zero attached hydrogens (tertiary/aromatic N) is 1. The molecule has 13 heavy (non-hydrogen) atoms. The molecule has 0 spiro atoms.